The summed E-state index contributed by atoms with van der Waals surface area (Å²) in [6.07, 6.45) is 0. The highest BCUT2D eigenvalue weighted by Gasteiger charge is 2.00. The Hall–Kier alpha value is -1.14. The van der Waals surface area contributed by atoms with Crippen molar-refractivity contribution >= 4 is 0 Å². The number of hydrogen-bond donors (Lipinski definition) is 1. The van der Waals surface area contributed by atoms with E-state index in [1.54, 1.807) is 14.2 Å². The van der Waals surface area contributed by atoms with Gasteiger partial charge < -0.3 is 24.3 Å². The van der Waals surface area contributed by atoms with E-state index in [-0.39, 0.29) is 0 Å². The van der Waals surface area contributed by atoms with Crippen molar-refractivity contribution < 1.29 is 18.9 Å². The average Bonchev–Trinajstić information content (AvgIpc) is 2.49. The first-order chi connectivity index (χ1) is 9.88. The maximum absolute atomic E-state index is 5.45. The van der Waals surface area contributed by atoms with Crippen molar-refractivity contribution in [3.8, 4) is 5.75 Å². The molecule has 5 heteroatoms. The van der Waals surface area contributed by atoms with E-state index in [1.807, 2.05) is 18.2 Å². The largest absolute Gasteiger partial charge is 0.496 e. The lowest BCUT2D eigenvalue weighted by molar-refractivity contribution is 0.0255. The Morgan fingerprint density at radius 1 is 0.900 bits per heavy atom. The maximum Gasteiger partial charge on any atom is 0.123 e. The van der Waals surface area contributed by atoms with Gasteiger partial charge in [-0.15, -0.1) is 0 Å². The van der Waals surface area contributed by atoms with Gasteiger partial charge in [-0.25, -0.2) is 0 Å². The van der Waals surface area contributed by atoms with E-state index >= 15 is 0 Å². The van der Waals surface area contributed by atoms with E-state index < -0.39 is 0 Å². The second kappa shape index (κ2) is 11.7. The van der Waals surface area contributed by atoms with Gasteiger partial charge in [0.15, 0.2) is 0 Å². The Morgan fingerprint density at radius 3 is 2.35 bits per heavy atom. The third-order valence-corrected chi connectivity index (χ3v) is 2.73. The molecule has 20 heavy (non-hydrogen) atoms. The summed E-state index contributed by atoms with van der Waals surface area (Å²) in [5, 5.41) is 3.32. The Bertz CT molecular complexity index is 346. The highest BCUT2D eigenvalue weighted by molar-refractivity contribution is 5.32. The first kappa shape index (κ1) is 16.9. The minimum absolute atomic E-state index is 0.607. The van der Waals surface area contributed by atoms with Crippen LogP contribution in [-0.2, 0) is 20.8 Å². The van der Waals surface area contributed by atoms with Gasteiger partial charge in [0.05, 0.1) is 40.1 Å². The summed E-state index contributed by atoms with van der Waals surface area (Å²) in [6.45, 7) is 4.71. The number of para-hydroxylation sites is 1. The Balaban J connectivity index is 1.97. The van der Waals surface area contributed by atoms with Gasteiger partial charge in [-0.1, -0.05) is 18.2 Å². The predicted octanol–water partition coefficient (Wildman–Crippen LogP) is 1.46. The van der Waals surface area contributed by atoms with Gasteiger partial charge in [-0.2, -0.15) is 0 Å². The number of nitrogens with one attached hydrogen (secondary N) is 1. The molecule has 0 unspecified atom stereocenters. The Kier molecular flexibility index (Phi) is 9.87. The van der Waals surface area contributed by atoms with Crippen LogP contribution >= 0.6 is 0 Å². The normalized spacial score (nSPS) is 10.7. The average molecular weight is 283 g/mol. The summed E-state index contributed by atoms with van der Waals surface area (Å²) in [6, 6.07) is 7.99. The molecule has 1 rings (SSSR count). The lowest BCUT2D eigenvalue weighted by Gasteiger charge is -2.09. The van der Waals surface area contributed by atoms with Gasteiger partial charge in [0.2, 0.25) is 0 Å². The molecule has 0 radical (unpaired) electrons. The molecular weight excluding hydrogens is 258 g/mol. The summed E-state index contributed by atoms with van der Waals surface area (Å²) >= 11 is 0. The van der Waals surface area contributed by atoms with E-state index in [4.69, 9.17) is 18.9 Å². The molecule has 114 valence electrons. The quantitative estimate of drug-likeness (QED) is 0.589. The van der Waals surface area contributed by atoms with Gasteiger partial charge in [0, 0.05) is 25.8 Å². The molecular formula is C15H25NO4. The number of rotatable bonds is 12. The molecule has 0 aliphatic carbocycles. The first-order valence-corrected chi connectivity index (χ1v) is 6.85. The fourth-order valence-corrected chi connectivity index (χ4v) is 1.68. The van der Waals surface area contributed by atoms with E-state index in [2.05, 4.69) is 11.4 Å². The van der Waals surface area contributed by atoms with Crippen molar-refractivity contribution in [1.82, 2.24) is 5.32 Å². The van der Waals surface area contributed by atoms with Crippen LogP contribution in [0.4, 0.5) is 0 Å². The van der Waals surface area contributed by atoms with Crippen LogP contribution in [0.15, 0.2) is 24.3 Å². The van der Waals surface area contributed by atoms with Crippen LogP contribution in [0.2, 0.25) is 0 Å². The molecule has 1 aromatic carbocycles. The van der Waals surface area contributed by atoms with Crippen LogP contribution < -0.4 is 10.1 Å². The highest BCUT2D eigenvalue weighted by atomic mass is 16.5. The zero-order chi connectivity index (χ0) is 14.5. The zero-order valence-corrected chi connectivity index (χ0v) is 12.4. The zero-order valence-electron chi connectivity index (χ0n) is 12.4. The van der Waals surface area contributed by atoms with Gasteiger partial charge in [0.1, 0.15) is 5.75 Å². The summed E-state index contributed by atoms with van der Waals surface area (Å²) in [7, 11) is 3.35. The molecule has 1 aromatic rings. The summed E-state index contributed by atoms with van der Waals surface area (Å²) in [5.74, 6) is 0.910. The van der Waals surface area contributed by atoms with Crippen molar-refractivity contribution in [3.05, 3.63) is 29.8 Å². The van der Waals surface area contributed by atoms with Crippen molar-refractivity contribution in [3.63, 3.8) is 0 Å². The van der Waals surface area contributed by atoms with Crippen LogP contribution in [0.3, 0.4) is 0 Å². The van der Waals surface area contributed by atoms with E-state index in [9.17, 15) is 0 Å². The van der Waals surface area contributed by atoms with E-state index in [0.717, 1.165) is 24.4 Å². The molecule has 0 atom stereocenters. The second-order valence-electron chi connectivity index (χ2n) is 4.21. The molecule has 5 nitrogen and oxygen atoms in total. The molecule has 0 aliphatic heterocycles. The van der Waals surface area contributed by atoms with Crippen molar-refractivity contribution in [2.75, 3.05) is 53.8 Å². The monoisotopic (exact) mass is 283 g/mol. The fourth-order valence-electron chi connectivity index (χ4n) is 1.68. The molecule has 0 amide bonds. The topological polar surface area (TPSA) is 49.0 Å². The molecule has 0 bridgehead atoms. The summed E-state index contributed by atoms with van der Waals surface area (Å²) < 4.78 is 20.9. The minimum atomic E-state index is 0.607. The third-order valence-electron chi connectivity index (χ3n) is 2.73. The Labute approximate surface area is 121 Å². The number of hydrogen-bond acceptors (Lipinski definition) is 5. The lowest BCUT2D eigenvalue weighted by atomic mass is 10.2. The SMILES string of the molecule is COCCOCCOCCNCc1ccccc1OC. The molecule has 0 aliphatic rings. The smallest absolute Gasteiger partial charge is 0.123 e. The molecule has 0 saturated carbocycles. The van der Waals surface area contributed by atoms with E-state index in [0.29, 0.717) is 33.0 Å². The second-order valence-corrected chi connectivity index (χ2v) is 4.21. The van der Waals surface area contributed by atoms with Gasteiger partial charge >= 0.3 is 0 Å². The van der Waals surface area contributed by atoms with Crippen LogP contribution in [0.1, 0.15) is 5.56 Å². The standard InChI is InChI=1S/C15H25NO4/c1-17-9-10-20-12-11-19-8-7-16-13-14-5-3-4-6-15(14)18-2/h3-6,16H,7-13H2,1-2H3. The summed E-state index contributed by atoms with van der Waals surface area (Å²) in [5.41, 5.74) is 1.15. The predicted molar refractivity (Wildman–Crippen MR) is 78.2 cm³/mol. The fraction of sp³-hybridized carbons (Fsp3) is 0.600. The number of methoxy groups -OCH3 is 2. The molecule has 0 spiro atoms. The van der Waals surface area contributed by atoms with Crippen LogP contribution in [0.25, 0.3) is 0 Å². The van der Waals surface area contributed by atoms with Crippen molar-refractivity contribution in [1.29, 1.82) is 0 Å². The molecule has 0 saturated heterocycles. The van der Waals surface area contributed by atoms with Crippen molar-refractivity contribution in [2.24, 2.45) is 0 Å². The van der Waals surface area contributed by atoms with Crippen LogP contribution in [-0.4, -0.2) is 53.8 Å². The minimum Gasteiger partial charge on any atom is -0.496 e. The maximum atomic E-state index is 5.45. The molecule has 1 N–H and O–H groups in total. The summed E-state index contributed by atoms with van der Waals surface area (Å²) in [4.78, 5) is 0. The lowest BCUT2D eigenvalue weighted by Crippen LogP contribution is -2.20. The highest BCUT2D eigenvalue weighted by Crippen LogP contribution is 2.16. The number of benzene rings is 1. The van der Waals surface area contributed by atoms with E-state index in [1.165, 1.54) is 0 Å². The van der Waals surface area contributed by atoms with Gasteiger partial charge in [-0.3, -0.25) is 0 Å². The van der Waals surface area contributed by atoms with Crippen molar-refractivity contribution in [2.45, 2.75) is 6.54 Å². The van der Waals surface area contributed by atoms with Gasteiger partial charge in [-0.05, 0) is 6.07 Å². The van der Waals surface area contributed by atoms with Crippen LogP contribution in [0.5, 0.6) is 5.75 Å². The van der Waals surface area contributed by atoms with Crippen LogP contribution in [0, 0.1) is 0 Å². The van der Waals surface area contributed by atoms with Gasteiger partial charge in [0.25, 0.3) is 0 Å². The molecule has 0 aromatic heterocycles. The number of ether oxygens (including phenoxy) is 4. The molecule has 0 fully saturated rings. The first-order valence-electron chi connectivity index (χ1n) is 6.85. The Morgan fingerprint density at radius 2 is 1.60 bits per heavy atom. The third kappa shape index (κ3) is 7.45. The molecule has 0 heterocycles.